The Bertz CT molecular complexity index is 230. The first-order valence-corrected chi connectivity index (χ1v) is 6.58. The van der Waals surface area contributed by atoms with E-state index in [1.54, 1.807) is 0 Å². The minimum Gasteiger partial charge on any atom is -0.226 e. The van der Waals surface area contributed by atoms with Gasteiger partial charge in [0.05, 0.1) is 0 Å². The summed E-state index contributed by atoms with van der Waals surface area (Å²) in [4.78, 5) is 0. The van der Waals surface area contributed by atoms with Crippen molar-refractivity contribution in [3.63, 3.8) is 0 Å². The van der Waals surface area contributed by atoms with Crippen LogP contribution in [0.15, 0.2) is 22.2 Å². The Morgan fingerprint density at radius 3 is 1.15 bits per heavy atom. The molecule has 0 spiro atoms. The summed E-state index contributed by atoms with van der Waals surface area (Å²) in [6, 6.07) is 0. The summed E-state index contributed by atoms with van der Waals surface area (Å²) in [7, 11) is 0. The molecule has 0 saturated carbocycles. The van der Waals surface area contributed by atoms with Crippen molar-refractivity contribution in [2.45, 2.75) is 55.4 Å². The van der Waals surface area contributed by atoms with Crippen LogP contribution in [-0.2, 0) is 131 Å². The van der Waals surface area contributed by atoms with E-state index in [1.807, 2.05) is 6.92 Å². The van der Waals surface area contributed by atoms with Crippen molar-refractivity contribution in [2.75, 3.05) is 0 Å². The zero-order valence-electron chi connectivity index (χ0n) is 14.4. The second kappa shape index (κ2) is 25.4. The van der Waals surface area contributed by atoms with Gasteiger partial charge >= 0.3 is 0 Å². The number of allylic oxidation sites excluding steroid dienone is 4. The molecule has 0 bridgehead atoms. The molecular formula is C15H27BrY4-2. The first-order valence-electron chi connectivity index (χ1n) is 5.79. The van der Waals surface area contributed by atoms with Crippen LogP contribution in [0, 0.1) is 17.8 Å². The molecule has 0 aromatic heterocycles. The number of halogens is 1. The summed E-state index contributed by atoms with van der Waals surface area (Å²) in [6.45, 7) is 17.0. The van der Waals surface area contributed by atoms with Gasteiger partial charge in [-0.3, -0.25) is 0 Å². The third-order valence-corrected chi connectivity index (χ3v) is 2.14. The SMILES string of the molecule is C/C(=C\[C-](C)C)C(C)C.C/C(Br)=C\[C-](C)C.[Y].[Y].[Y].[Y]. The van der Waals surface area contributed by atoms with E-state index >= 15 is 0 Å². The average Bonchev–Trinajstić information content (AvgIpc) is 2.00. The second-order valence-electron chi connectivity index (χ2n) is 4.93. The third kappa shape index (κ3) is 38.0. The second-order valence-corrected chi connectivity index (χ2v) is 6.18. The van der Waals surface area contributed by atoms with E-state index in [1.165, 1.54) is 21.9 Å². The van der Waals surface area contributed by atoms with Gasteiger partial charge in [-0.2, -0.15) is 20.4 Å². The minimum absolute atomic E-state index is 0. The van der Waals surface area contributed by atoms with E-state index in [-0.39, 0.29) is 131 Å². The molecule has 0 saturated heterocycles. The molecule has 4 radical (unpaired) electrons. The Morgan fingerprint density at radius 2 is 1.10 bits per heavy atom. The monoisotopic (exact) mass is 642 g/mol. The van der Waals surface area contributed by atoms with E-state index in [2.05, 4.69) is 76.5 Å². The molecule has 5 heteroatoms. The van der Waals surface area contributed by atoms with Crippen molar-refractivity contribution >= 4 is 15.9 Å². The molecule has 0 amide bonds. The molecule has 20 heavy (non-hydrogen) atoms. The Kier molecular flexibility index (Phi) is 49.8. The van der Waals surface area contributed by atoms with E-state index in [4.69, 9.17) is 0 Å². The summed E-state index contributed by atoms with van der Waals surface area (Å²) < 4.78 is 1.19. The van der Waals surface area contributed by atoms with Gasteiger partial charge in [0.25, 0.3) is 0 Å². The first kappa shape index (κ1) is 39.3. The summed E-state index contributed by atoms with van der Waals surface area (Å²) >= 11 is 3.32. The fourth-order valence-electron chi connectivity index (χ4n) is 1.02. The maximum Gasteiger partial charge on any atom is 0 e. The van der Waals surface area contributed by atoms with Gasteiger partial charge < -0.3 is 0 Å². The van der Waals surface area contributed by atoms with E-state index in [0.29, 0.717) is 5.92 Å². The van der Waals surface area contributed by atoms with Crippen LogP contribution in [0.25, 0.3) is 0 Å². The van der Waals surface area contributed by atoms with E-state index in [9.17, 15) is 0 Å². The predicted molar refractivity (Wildman–Crippen MR) is 80.5 cm³/mol. The quantitative estimate of drug-likeness (QED) is 0.327. The largest absolute Gasteiger partial charge is 0.226 e. The van der Waals surface area contributed by atoms with Crippen molar-refractivity contribution in [3.05, 3.63) is 34.0 Å². The normalized spacial score (nSPS) is 9.70. The molecule has 0 unspecified atom stereocenters. The standard InChI is InChI=1S/C9H17.C6H10Br.4Y/c1-7(2)6-9(5)8(3)4;1-5(2)4-6(3)7;;;;/h6,8H,1-5H3;4H,1-3H3;;;;/q2*-1;;;;/b9-6+;6-4+;;;;. The molecule has 108 valence electrons. The topological polar surface area (TPSA) is 0 Å². The van der Waals surface area contributed by atoms with Gasteiger partial charge in [-0.05, 0) is 0 Å². The van der Waals surface area contributed by atoms with Crippen LogP contribution in [0.2, 0.25) is 0 Å². The summed E-state index contributed by atoms with van der Waals surface area (Å²) in [5.74, 6) is 3.41. The smallest absolute Gasteiger partial charge is 0 e. The molecule has 0 N–H and O–H groups in total. The molecule has 0 atom stereocenters. The molecule has 0 aliphatic carbocycles. The van der Waals surface area contributed by atoms with Crippen LogP contribution in [0.4, 0.5) is 0 Å². The summed E-state index contributed by atoms with van der Waals surface area (Å²) in [5, 5.41) is 0. The van der Waals surface area contributed by atoms with Crippen molar-refractivity contribution < 1.29 is 131 Å². The summed E-state index contributed by atoms with van der Waals surface area (Å²) in [5.41, 5.74) is 1.47. The zero-order valence-corrected chi connectivity index (χ0v) is 27.4. The van der Waals surface area contributed by atoms with E-state index < -0.39 is 0 Å². The Labute approximate surface area is 237 Å². The van der Waals surface area contributed by atoms with Gasteiger partial charge in [0.2, 0.25) is 0 Å². The number of hydrogen-bond acceptors (Lipinski definition) is 0. The van der Waals surface area contributed by atoms with Crippen LogP contribution >= 0.6 is 15.9 Å². The van der Waals surface area contributed by atoms with Gasteiger partial charge in [0.15, 0.2) is 0 Å². The molecule has 0 heterocycles. The van der Waals surface area contributed by atoms with Crippen molar-refractivity contribution in [1.82, 2.24) is 0 Å². The van der Waals surface area contributed by atoms with Crippen LogP contribution < -0.4 is 0 Å². The fourth-order valence-corrected chi connectivity index (χ4v) is 1.48. The molecule has 0 aromatic rings. The van der Waals surface area contributed by atoms with Gasteiger partial charge in [-0.15, -0.1) is 41.5 Å². The Morgan fingerprint density at radius 1 is 0.800 bits per heavy atom. The van der Waals surface area contributed by atoms with Crippen LogP contribution in [0.5, 0.6) is 0 Å². The molecule has 0 fully saturated rings. The van der Waals surface area contributed by atoms with Gasteiger partial charge in [-0.1, -0.05) is 19.8 Å². The van der Waals surface area contributed by atoms with Gasteiger partial charge in [0, 0.05) is 131 Å². The Hall–Kier alpha value is 4.12. The maximum absolute atomic E-state index is 3.32. The zero-order chi connectivity index (χ0) is 13.3. The van der Waals surface area contributed by atoms with Gasteiger partial charge in [-0.25, -0.2) is 29.6 Å². The average molecular weight is 643 g/mol. The molecule has 0 aliphatic rings. The van der Waals surface area contributed by atoms with Crippen molar-refractivity contribution in [2.24, 2.45) is 5.92 Å². The van der Waals surface area contributed by atoms with Crippen LogP contribution in [0.3, 0.4) is 0 Å². The van der Waals surface area contributed by atoms with Gasteiger partial charge in [0.1, 0.15) is 0 Å². The number of hydrogen-bond donors (Lipinski definition) is 0. The molecule has 0 aromatic carbocycles. The van der Waals surface area contributed by atoms with Crippen LogP contribution in [-0.4, -0.2) is 0 Å². The molecule has 0 aliphatic heterocycles. The fraction of sp³-hybridized carbons (Fsp3) is 0.600. The van der Waals surface area contributed by atoms with E-state index in [0.717, 1.165) is 0 Å². The van der Waals surface area contributed by atoms with Crippen LogP contribution in [0.1, 0.15) is 55.4 Å². The number of rotatable bonds is 3. The molecule has 0 nitrogen and oxygen atoms in total. The summed E-state index contributed by atoms with van der Waals surface area (Å²) in [6.07, 6.45) is 4.32. The third-order valence-electron chi connectivity index (χ3n) is 1.91. The maximum atomic E-state index is 3.32. The molecular weight excluding hydrogens is 616 g/mol. The first-order chi connectivity index (χ1) is 7.16. The Balaban J connectivity index is -0.0000000416. The van der Waals surface area contributed by atoms with Crippen molar-refractivity contribution in [1.29, 1.82) is 0 Å². The minimum atomic E-state index is 0. The van der Waals surface area contributed by atoms with Crippen molar-refractivity contribution in [3.8, 4) is 0 Å². The molecule has 0 rings (SSSR count). The predicted octanol–water partition coefficient (Wildman–Crippen LogP) is 6.09.